The molecule has 0 atom stereocenters. The van der Waals surface area contributed by atoms with Gasteiger partial charge in [-0.25, -0.2) is 0 Å². The molecule has 1 amide bonds. The van der Waals surface area contributed by atoms with Crippen LogP contribution in [0.25, 0.3) is 10.2 Å². The van der Waals surface area contributed by atoms with E-state index >= 15 is 0 Å². The number of fused-ring (bicyclic) bond motifs is 1. The molecule has 3 N–H and O–H groups in total. The number of hydrogen-bond acceptors (Lipinski definition) is 3. The lowest BCUT2D eigenvalue weighted by atomic mass is 10.2. The number of amides is 1. The highest BCUT2D eigenvalue weighted by atomic mass is 35.5. The first kappa shape index (κ1) is 12.1. The summed E-state index contributed by atoms with van der Waals surface area (Å²) < 4.78 is 0. The maximum atomic E-state index is 12.1. The van der Waals surface area contributed by atoms with Crippen molar-refractivity contribution in [2.75, 3.05) is 5.32 Å². The van der Waals surface area contributed by atoms with Crippen molar-refractivity contribution in [3.8, 4) is 5.75 Å². The molecule has 0 radical (unpaired) electrons. The second kappa shape index (κ2) is 4.60. The van der Waals surface area contributed by atoms with Crippen LogP contribution >= 0.6 is 22.9 Å². The summed E-state index contributed by atoms with van der Waals surface area (Å²) >= 11 is 7.31. The van der Waals surface area contributed by atoms with Crippen LogP contribution in [0.15, 0.2) is 35.7 Å². The number of carbonyl (C=O) groups excluding carboxylic acids is 1. The SMILES string of the molecule is O=C(Nc1cccc(Cl)c1O)c1cc2ccsc2[nH]1. The van der Waals surface area contributed by atoms with Gasteiger partial charge in [-0.2, -0.15) is 0 Å². The Morgan fingerprint density at radius 1 is 1.37 bits per heavy atom. The van der Waals surface area contributed by atoms with Crippen molar-refractivity contribution in [3.63, 3.8) is 0 Å². The van der Waals surface area contributed by atoms with Crippen LogP contribution in [-0.2, 0) is 0 Å². The predicted molar refractivity (Wildman–Crippen MR) is 77.2 cm³/mol. The number of hydrogen-bond donors (Lipinski definition) is 3. The van der Waals surface area contributed by atoms with Gasteiger partial charge in [-0.1, -0.05) is 17.7 Å². The highest BCUT2D eigenvalue weighted by Gasteiger charge is 2.13. The number of H-pyrrole nitrogens is 1. The zero-order valence-corrected chi connectivity index (χ0v) is 11.2. The summed E-state index contributed by atoms with van der Waals surface area (Å²) in [6.07, 6.45) is 0. The molecule has 0 saturated carbocycles. The zero-order chi connectivity index (χ0) is 13.4. The molecule has 1 aromatic carbocycles. The smallest absolute Gasteiger partial charge is 0.272 e. The molecule has 0 saturated heterocycles. The number of thiophene rings is 1. The zero-order valence-electron chi connectivity index (χ0n) is 9.61. The number of carbonyl (C=O) groups is 1. The summed E-state index contributed by atoms with van der Waals surface area (Å²) in [6.45, 7) is 0. The van der Waals surface area contributed by atoms with Crippen molar-refractivity contribution in [2.45, 2.75) is 0 Å². The normalized spacial score (nSPS) is 10.8. The average molecular weight is 293 g/mol. The van der Waals surface area contributed by atoms with Crippen molar-refractivity contribution in [2.24, 2.45) is 0 Å². The van der Waals surface area contributed by atoms with Gasteiger partial charge in [0.05, 0.1) is 10.7 Å². The summed E-state index contributed by atoms with van der Waals surface area (Å²) in [6, 6.07) is 8.50. The minimum atomic E-state index is -0.319. The summed E-state index contributed by atoms with van der Waals surface area (Å²) in [4.78, 5) is 16.0. The Morgan fingerprint density at radius 2 is 2.21 bits per heavy atom. The Bertz CT molecular complexity index is 734. The maximum Gasteiger partial charge on any atom is 0.272 e. The topological polar surface area (TPSA) is 65.1 Å². The number of aromatic amines is 1. The molecular weight excluding hydrogens is 284 g/mol. The van der Waals surface area contributed by atoms with Crippen LogP contribution in [0.1, 0.15) is 10.5 Å². The number of phenolic OH excluding ortho intramolecular Hbond substituents is 1. The summed E-state index contributed by atoms with van der Waals surface area (Å²) in [5.41, 5.74) is 0.733. The Morgan fingerprint density at radius 3 is 3.00 bits per heavy atom. The lowest BCUT2D eigenvalue weighted by molar-refractivity contribution is 0.102. The van der Waals surface area contributed by atoms with E-state index in [9.17, 15) is 9.90 Å². The van der Waals surface area contributed by atoms with Crippen molar-refractivity contribution in [1.29, 1.82) is 0 Å². The van der Waals surface area contributed by atoms with Crippen LogP contribution in [0, 0.1) is 0 Å². The molecule has 19 heavy (non-hydrogen) atoms. The number of benzene rings is 1. The number of aromatic hydroxyl groups is 1. The number of para-hydroxylation sites is 1. The minimum absolute atomic E-state index is 0.133. The van der Waals surface area contributed by atoms with E-state index in [4.69, 9.17) is 11.6 Å². The summed E-state index contributed by atoms with van der Waals surface area (Å²) in [5, 5.41) is 15.5. The second-order valence-electron chi connectivity index (χ2n) is 3.98. The average Bonchev–Trinajstić information content (AvgIpc) is 2.95. The van der Waals surface area contributed by atoms with Gasteiger partial charge in [0.25, 0.3) is 5.91 Å². The van der Waals surface area contributed by atoms with Gasteiger partial charge >= 0.3 is 0 Å². The molecule has 3 rings (SSSR count). The maximum absolute atomic E-state index is 12.1. The molecule has 3 aromatic rings. The molecule has 96 valence electrons. The molecule has 4 nitrogen and oxygen atoms in total. The molecule has 0 bridgehead atoms. The Labute approximate surface area is 117 Å². The third-order valence-electron chi connectivity index (χ3n) is 2.72. The van der Waals surface area contributed by atoms with Gasteiger partial charge in [-0.3, -0.25) is 4.79 Å². The van der Waals surface area contributed by atoms with Gasteiger partial charge in [-0.05, 0) is 29.6 Å². The Balaban J connectivity index is 1.89. The van der Waals surface area contributed by atoms with E-state index < -0.39 is 0 Å². The summed E-state index contributed by atoms with van der Waals surface area (Å²) in [5.74, 6) is -0.452. The predicted octanol–water partition coefficient (Wildman–Crippen LogP) is 3.84. The van der Waals surface area contributed by atoms with E-state index in [0.717, 1.165) is 10.2 Å². The van der Waals surface area contributed by atoms with Crippen molar-refractivity contribution in [3.05, 3.63) is 46.4 Å². The third-order valence-corrected chi connectivity index (χ3v) is 3.87. The monoisotopic (exact) mass is 292 g/mol. The van der Waals surface area contributed by atoms with Crippen LogP contribution in [0.2, 0.25) is 5.02 Å². The van der Waals surface area contributed by atoms with Crippen molar-refractivity contribution in [1.82, 2.24) is 4.98 Å². The van der Waals surface area contributed by atoms with Crippen LogP contribution in [-0.4, -0.2) is 16.0 Å². The van der Waals surface area contributed by atoms with E-state index in [1.165, 1.54) is 11.3 Å². The van der Waals surface area contributed by atoms with Gasteiger partial charge in [0.2, 0.25) is 0 Å². The highest BCUT2D eigenvalue weighted by Crippen LogP contribution is 2.31. The first-order chi connectivity index (χ1) is 9.15. The van der Waals surface area contributed by atoms with Gasteiger partial charge < -0.3 is 15.4 Å². The number of anilines is 1. The molecule has 0 unspecified atom stereocenters. The van der Waals surface area contributed by atoms with E-state index in [0.29, 0.717) is 5.69 Å². The fourth-order valence-corrected chi connectivity index (χ4v) is 2.73. The number of aromatic nitrogens is 1. The fraction of sp³-hybridized carbons (Fsp3) is 0. The van der Waals surface area contributed by atoms with E-state index in [-0.39, 0.29) is 22.4 Å². The molecule has 0 aliphatic rings. The first-order valence-electron chi connectivity index (χ1n) is 5.50. The standard InChI is InChI=1S/C13H9ClN2O2S/c14-8-2-1-3-9(11(8)17)15-12(18)10-6-7-4-5-19-13(7)16-10/h1-6,16-17H,(H,15,18). The van der Waals surface area contributed by atoms with Gasteiger partial charge in [0, 0.05) is 5.39 Å². The van der Waals surface area contributed by atoms with E-state index in [1.54, 1.807) is 24.3 Å². The summed E-state index contributed by atoms with van der Waals surface area (Å²) in [7, 11) is 0. The van der Waals surface area contributed by atoms with Gasteiger partial charge in [0.1, 0.15) is 10.5 Å². The number of rotatable bonds is 2. The number of halogens is 1. The third kappa shape index (κ3) is 2.18. The van der Waals surface area contributed by atoms with Gasteiger partial charge in [0.15, 0.2) is 5.75 Å². The lowest BCUT2D eigenvalue weighted by Crippen LogP contribution is -2.12. The quantitative estimate of drug-likeness (QED) is 0.628. The Hall–Kier alpha value is -1.98. The van der Waals surface area contributed by atoms with Crippen LogP contribution in [0.5, 0.6) is 5.75 Å². The van der Waals surface area contributed by atoms with Crippen LogP contribution < -0.4 is 5.32 Å². The molecule has 0 aliphatic carbocycles. The lowest BCUT2D eigenvalue weighted by Gasteiger charge is -2.06. The second-order valence-corrected chi connectivity index (χ2v) is 5.30. The molecule has 0 spiro atoms. The van der Waals surface area contributed by atoms with Crippen LogP contribution in [0.3, 0.4) is 0 Å². The largest absolute Gasteiger partial charge is 0.504 e. The van der Waals surface area contributed by atoms with Gasteiger partial charge in [-0.15, -0.1) is 11.3 Å². The minimum Gasteiger partial charge on any atom is -0.504 e. The van der Waals surface area contributed by atoms with E-state index in [2.05, 4.69) is 10.3 Å². The molecular formula is C13H9ClN2O2S. The molecule has 0 aliphatic heterocycles. The molecule has 6 heteroatoms. The molecule has 2 aromatic heterocycles. The number of nitrogens with one attached hydrogen (secondary N) is 2. The van der Waals surface area contributed by atoms with E-state index in [1.807, 2.05) is 11.4 Å². The van der Waals surface area contributed by atoms with Crippen LogP contribution in [0.4, 0.5) is 5.69 Å². The number of phenols is 1. The molecule has 0 fully saturated rings. The molecule has 2 heterocycles. The fourth-order valence-electron chi connectivity index (χ4n) is 1.78. The highest BCUT2D eigenvalue weighted by molar-refractivity contribution is 7.16. The van der Waals surface area contributed by atoms with Crippen molar-refractivity contribution >= 4 is 44.7 Å². The van der Waals surface area contributed by atoms with Crippen molar-refractivity contribution < 1.29 is 9.90 Å². The first-order valence-corrected chi connectivity index (χ1v) is 6.76. The Kier molecular flexibility index (Phi) is 2.93.